The number of urea groups is 1. The van der Waals surface area contributed by atoms with Crippen LogP contribution in [0.15, 0.2) is 57.0 Å². The lowest BCUT2D eigenvalue weighted by molar-refractivity contribution is -0.122. The number of hydrogen-bond donors (Lipinski definition) is 1. The summed E-state index contributed by atoms with van der Waals surface area (Å²) < 4.78 is 12.4. The van der Waals surface area contributed by atoms with Crippen LogP contribution in [0.1, 0.15) is 11.1 Å². The normalized spacial score (nSPS) is 14.7. The van der Waals surface area contributed by atoms with Crippen molar-refractivity contribution in [3.8, 4) is 11.5 Å². The summed E-state index contributed by atoms with van der Waals surface area (Å²) in [7, 11) is 1.44. The second kappa shape index (κ2) is 11.9. The molecule has 1 saturated heterocycles. The van der Waals surface area contributed by atoms with E-state index in [1.54, 1.807) is 24.3 Å². The van der Waals surface area contributed by atoms with E-state index in [9.17, 15) is 14.4 Å². The predicted molar refractivity (Wildman–Crippen MR) is 155 cm³/mol. The molecule has 1 aliphatic heterocycles. The fourth-order valence-electron chi connectivity index (χ4n) is 3.48. The molecule has 0 atom stereocenters. The molecule has 0 unspecified atom stereocenters. The highest BCUT2D eigenvalue weighted by Crippen LogP contribution is 2.44. The van der Waals surface area contributed by atoms with Crippen molar-refractivity contribution in [3.63, 3.8) is 0 Å². The van der Waals surface area contributed by atoms with Crippen LogP contribution in [0.2, 0.25) is 20.1 Å². The number of carbonyl (C=O) groups excluding carboxylic acids is 3. The number of nitrogens with one attached hydrogen (secondary N) is 1. The molecular formula is C25H14Br2Cl4N2O5. The molecule has 13 heteroatoms. The van der Waals surface area contributed by atoms with Crippen molar-refractivity contribution in [2.75, 3.05) is 12.0 Å². The number of amides is 4. The molecule has 4 rings (SSSR count). The molecule has 0 spiro atoms. The van der Waals surface area contributed by atoms with Crippen molar-refractivity contribution < 1.29 is 23.9 Å². The van der Waals surface area contributed by atoms with Gasteiger partial charge in [0.1, 0.15) is 12.2 Å². The van der Waals surface area contributed by atoms with Gasteiger partial charge in [-0.3, -0.25) is 14.9 Å². The average Bonchev–Trinajstić information content (AvgIpc) is 2.86. The molecule has 0 aromatic heterocycles. The maximum atomic E-state index is 13.3. The van der Waals surface area contributed by atoms with E-state index in [0.29, 0.717) is 41.1 Å². The van der Waals surface area contributed by atoms with E-state index in [0.717, 1.165) is 10.5 Å². The quantitative estimate of drug-likeness (QED) is 0.206. The Labute approximate surface area is 253 Å². The molecule has 1 fully saturated rings. The van der Waals surface area contributed by atoms with Crippen molar-refractivity contribution in [2.45, 2.75) is 6.61 Å². The zero-order valence-electron chi connectivity index (χ0n) is 19.1. The standard InChI is InChI=1S/C25H14Br2Cl4N2O5/c1-37-19-8-12(20(26)21(27)22(19)38-10-11-2-4-15(29)16(30)6-11)7-14-23(34)32-25(36)33(24(14)35)18-5-3-13(28)9-17(18)31/h2-9H,10H2,1H3,(H,32,34,36)/b14-7+. The highest BCUT2D eigenvalue weighted by molar-refractivity contribution is 9.13. The van der Waals surface area contributed by atoms with Gasteiger partial charge in [-0.1, -0.05) is 52.5 Å². The van der Waals surface area contributed by atoms with E-state index in [4.69, 9.17) is 55.9 Å². The largest absolute Gasteiger partial charge is 0.493 e. The van der Waals surface area contributed by atoms with Gasteiger partial charge < -0.3 is 9.47 Å². The Bertz CT molecular complexity index is 1530. The maximum absolute atomic E-state index is 13.3. The van der Waals surface area contributed by atoms with Crippen LogP contribution in [0.5, 0.6) is 11.5 Å². The number of methoxy groups -OCH3 is 1. The summed E-state index contributed by atoms with van der Waals surface area (Å²) in [6.07, 6.45) is 1.32. The molecule has 3 aromatic carbocycles. The molecule has 0 radical (unpaired) electrons. The Balaban J connectivity index is 1.70. The second-order valence-corrected chi connectivity index (χ2v) is 11.0. The Kier molecular flexibility index (Phi) is 8.96. The lowest BCUT2D eigenvalue weighted by Gasteiger charge is -2.27. The Morgan fingerprint density at radius 2 is 1.66 bits per heavy atom. The summed E-state index contributed by atoms with van der Waals surface area (Å²) in [6, 6.07) is 10.0. The van der Waals surface area contributed by atoms with Gasteiger partial charge in [0.05, 0.1) is 32.3 Å². The number of hydrogen-bond acceptors (Lipinski definition) is 5. The molecule has 1 aliphatic rings. The van der Waals surface area contributed by atoms with Crippen molar-refractivity contribution in [3.05, 3.63) is 88.2 Å². The number of halogens is 6. The first-order chi connectivity index (χ1) is 18.0. The van der Waals surface area contributed by atoms with Crippen LogP contribution >= 0.6 is 78.3 Å². The number of carbonyl (C=O) groups is 3. The van der Waals surface area contributed by atoms with Gasteiger partial charge in [0.15, 0.2) is 11.5 Å². The minimum atomic E-state index is -0.940. The third kappa shape index (κ3) is 5.83. The number of nitrogens with zero attached hydrogens (tertiary/aromatic N) is 1. The zero-order chi connectivity index (χ0) is 27.7. The SMILES string of the molecule is COc1cc(/C=C2\C(=O)NC(=O)N(c3ccc(Cl)cc3Cl)C2=O)c(Br)c(Br)c1OCc1ccc(Cl)c(Cl)c1. The summed E-state index contributed by atoms with van der Waals surface area (Å²) in [5.74, 6) is -1.07. The minimum Gasteiger partial charge on any atom is -0.493 e. The second-order valence-electron chi connectivity index (χ2n) is 7.72. The van der Waals surface area contributed by atoms with Crippen molar-refractivity contribution in [2.24, 2.45) is 0 Å². The van der Waals surface area contributed by atoms with Gasteiger partial charge in [-0.05, 0) is 85.5 Å². The van der Waals surface area contributed by atoms with Crippen molar-refractivity contribution >= 4 is 108 Å². The van der Waals surface area contributed by atoms with E-state index in [1.165, 1.54) is 31.4 Å². The molecule has 4 amide bonds. The molecule has 0 aliphatic carbocycles. The van der Waals surface area contributed by atoms with Crippen molar-refractivity contribution in [1.29, 1.82) is 0 Å². The summed E-state index contributed by atoms with van der Waals surface area (Å²) in [6.45, 7) is 0.151. The van der Waals surface area contributed by atoms with Gasteiger partial charge >= 0.3 is 6.03 Å². The highest BCUT2D eigenvalue weighted by atomic mass is 79.9. The smallest absolute Gasteiger partial charge is 0.335 e. The van der Waals surface area contributed by atoms with Crippen LogP contribution in [0.25, 0.3) is 6.08 Å². The molecule has 0 saturated carbocycles. The number of imide groups is 2. The van der Waals surface area contributed by atoms with Crippen LogP contribution in [-0.4, -0.2) is 25.0 Å². The molecular weight excluding hydrogens is 710 g/mol. The molecule has 38 heavy (non-hydrogen) atoms. The lowest BCUT2D eigenvalue weighted by atomic mass is 10.1. The van der Waals surface area contributed by atoms with Gasteiger partial charge in [0.2, 0.25) is 0 Å². The van der Waals surface area contributed by atoms with E-state index < -0.39 is 17.8 Å². The molecule has 196 valence electrons. The number of anilines is 1. The summed E-state index contributed by atoms with van der Waals surface area (Å²) in [4.78, 5) is 39.3. The van der Waals surface area contributed by atoms with Crippen LogP contribution < -0.4 is 19.7 Å². The summed E-state index contributed by atoms with van der Waals surface area (Å²) in [5, 5.41) is 3.35. The third-order valence-corrected chi connectivity index (χ3v) is 8.72. The third-order valence-electron chi connectivity index (χ3n) is 5.30. The van der Waals surface area contributed by atoms with E-state index in [2.05, 4.69) is 37.2 Å². The van der Waals surface area contributed by atoms with Crippen molar-refractivity contribution in [1.82, 2.24) is 5.32 Å². The van der Waals surface area contributed by atoms with Crippen LogP contribution in [0.3, 0.4) is 0 Å². The number of benzene rings is 3. The fourth-order valence-corrected chi connectivity index (χ4v) is 5.24. The van der Waals surface area contributed by atoms with Crippen LogP contribution in [0, 0.1) is 0 Å². The molecule has 1 heterocycles. The van der Waals surface area contributed by atoms with Gasteiger partial charge in [-0.25, -0.2) is 9.69 Å². The first-order valence-corrected chi connectivity index (χ1v) is 13.6. The predicted octanol–water partition coefficient (Wildman–Crippen LogP) is 8.08. The summed E-state index contributed by atoms with van der Waals surface area (Å²) >= 11 is 31.2. The van der Waals surface area contributed by atoms with Gasteiger partial charge in [0, 0.05) is 9.50 Å². The molecule has 1 N–H and O–H groups in total. The maximum Gasteiger partial charge on any atom is 0.335 e. The summed E-state index contributed by atoms with van der Waals surface area (Å²) in [5.41, 5.74) is 0.923. The van der Waals surface area contributed by atoms with Gasteiger partial charge in [-0.15, -0.1) is 0 Å². The topological polar surface area (TPSA) is 84.9 Å². The van der Waals surface area contributed by atoms with Gasteiger partial charge in [0.25, 0.3) is 11.8 Å². The zero-order valence-corrected chi connectivity index (χ0v) is 25.3. The van der Waals surface area contributed by atoms with Gasteiger partial charge in [-0.2, -0.15) is 0 Å². The number of rotatable bonds is 6. The first-order valence-electron chi connectivity index (χ1n) is 10.5. The first kappa shape index (κ1) is 28.7. The van der Waals surface area contributed by atoms with E-state index in [-0.39, 0.29) is 22.9 Å². The Morgan fingerprint density at radius 3 is 2.32 bits per heavy atom. The molecule has 7 nitrogen and oxygen atoms in total. The lowest BCUT2D eigenvalue weighted by Crippen LogP contribution is -2.54. The van der Waals surface area contributed by atoms with E-state index >= 15 is 0 Å². The van der Waals surface area contributed by atoms with Crippen LogP contribution in [0.4, 0.5) is 10.5 Å². The monoisotopic (exact) mass is 720 g/mol. The molecule has 3 aromatic rings. The number of ether oxygens (including phenoxy) is 2. The fraction of sp³-hybridized carbons (Fsp3) is 0.0800. The highest BCUT2D eigenvalue weighted by Gasteiger charge is 2.38. The Morgan fingerprint density at radius 1 is 0.921 bits per heavy atom. The molecule has 0 bridgehead atoms. The van der Waals surface area contributed by atoms with E-state index in [1.807, 2.05) is 0 Å². The number of barbiturate groups is 1. The Hall–Kier alpha value is -2.27. The minimum absolute atomic E-state index is 0.0590. The average molecular weight is 724 g/mol. The van der Waals surface area contributed by atoms with Crippen LogP contribution in [-0.2, 0) is 16.2 Å².